The molecule has 5 rings (SSSR count). The molecule has 0 spiro atoms. The van der Waals surface area contributed by atoms with Crippen molar-refractivity contribution < 1.29 is 4.79 Å². The molecule has 2 heterocycles. The van der Waals surface area contributed by atoms with Crippen molar-refractivity contribution in [3.8, 4) is 17.1 Å². The molecule has 2 aromatic heterocycles. The fourth-order valence-corrected chi connectivity index (χ4v) is 3.37. The van der Waals surface area contributed by atoms with Gasteiger partial charge in [0, 0.05) is 29.2 Å². The van der Waals surface area contributed by atoms with Gasteiger partial charge >= 0.3 is 0 Å². The highest BCUT2D eigenvalue weighted by Gasteiger charge is 2.13. The van der Waals surface area contributed by atoms with Crippen molar-refractivity contribution in [1.82, 2.24) is 14.5 Å². The van der Waals surface area contributed by atoms with Gasteiger partial charge in [0.25, 0.3) is 5.91 Å². The highest BCUT2D eigenvalue weighted by molar-refractivity contribution is 6.06. The molecular weight excluding hydrogens is 360 g/mol. The van der Waals surface area contributed by atoms with Crippen molar-refractivity contribution in [2.45, 2.75) is 0 Å². The topological polar surface area (TPSA) is 62.7 Å². The van der Waals surface area contributed by atoms with E-state index in [-0.39, 0.29) is 5.91 Å². The Morgan fingerprint density at radius 2 is 1.55 bits per heavy atom. The smallest absolute Gasteiger partial charge is 0.255 e. The number of benzene rings is 3. The number of hydrogen-bond acceptors (Lipinski definition) is 2. The van der Waals surface area contributed by atoms with Crippen molar-refractivity contribution in [1.29, 1.82) is 0 Å². The lowest BCUT2D eigenvalue weighted by Crippen LogP contribution is -2.12. The zero-order valence-electron chi connectivity index (χ0n) is 15.5. The van der Waals surface area contributed by atoms with E-state index in [1.165, 1.54) is 0 Å². The van der Waals surface area contributed by atoms with Crippen LogP contribution in [0.25, 0.3) is 28.1 Å². The zero-order chi connectivity index (χ0) is 19.6. The molecule has 0 aliphatic rings. The molecule has 5 aromatic rings. The fraction of sp³-hybridized carbons (Fsp3) is 0. The van der Waals surface area contributed by atoms with Gasteiger partial charge in [-0.05, 0) is 60.7 Å². The lowest BCUT2D eigenvalue weighted by molar-refractivity contribution is 0.102. The maximum atomic E-state index is 12.8. The third-order valence-corrected chi connectivity index (χ3v) is 4.85. The van der Waals surface area contributed by atoms with Crippen LogP contribution in [0.4, 0.5) is 5.69 Å². The minimum atomic E-state index is -0.160. The van der Waals surface area contributed by atoms with Crippen molar-refractivity contribution in [2.24, 2.45) is 0 Å². The molecule has 29 heavy (non-hydrogen) atoms. The SMILES string of the molecule is O=C(Nc1ccccc1-c1nc2ccccc2[nH]1)c1ccc(-n2cccc2)cc1. The van der Waals surface area contributed by atoms with E-state index in [0.29, 0.717) is 11.3 Å². The number of imidazole rings is 1. The molecule has 0 saturated heterocycles. The maximum absolute atomic E-state index is 12.8. The number of fused-ring (bicyclic) bond motifs is 1. The number of aromatic nitrogens is 3. The van der Waals surface area contributed by atoms with E-state index < -0.39 is 0 Å². The summed E-state index contributed by atoms with van der Waals surface area (Å²) in [5, 5.41) is 3.02. The third-order valence-electron chi connectivity index (χ3n) is 4.85. The van der Waals surface area contributed by atoms with Gasteiger partial charge in [0.15, 0.2) is 0 Å². The van der Waals surface area contributed by atoms with Gasteiger partial charge in [-0.25, -0.2) is 4.98 Å². The molecule has 5 nitrogen and oxygen atoms in total. The molecule has 2 N–H and O–H groups in total. The van der Waals surface area contributed by atoms with Crippen LogP contribution in [0, 0.1) is 0 Å². The number of amides is 1. The Balaban J connectivity index is 1.42. The molecule has 0 radical (unpaired) electrons. The number of hydrogen-bond donors (Lipinski definition) is 2. The lowest BCUT2D eigenvalue weighted by Gasteiger charge is -2.10. The molecule has 0 aliphatic heterocycles. The highest BCUT2D eigenvalue weighted by Crippen LogP contribution is 2.28. The summed E-state index contributed by atoms with van der Waals surface area (Å²) < 4.78 is 2.00. The number of carbonyl (C=O) groups excluding carboxylic acids is 1. The van der Waals surface area contributed by atoms with E-state index in [1.54, 1.807) is 0 Å². The second-order valence-electron chi connectivity index (χ2n) is 6.74. The Bertz CT molecular complexity index is 1250. The molecular formula is C24H18N4O. The first-order valence-electron chi connectivity index (χ1n) is 9.37. The van der Waals surface area contributed by atoms with E-state index in [9.17, 15) is 4.79 Å². The van der Waals surface area contributed by atoms with Crippen LogP contribution < -0.4 is 5.32 Å². The Morgan fingerprint density at radius 3 is 2.34 bits per heavy atom. The minimum Gasteiger partial charge on any atom is -0.338 e. The summed E-state index contributed by atoms with van der Waals surface area (Å²) in [6, 6.07) is 27.0. The summed E-state index contributed by atoms with van der Waals surface area (Å²) in [5.41, 5.74) is 5.02. The summed E-state index contributed by atoms with van der Waals surface area (Å²) >= 11 is 0. The number of nitrogens with one attached hydrogen (secondary N) is 2. The predicted octanol–water partition coefficient (Wildman–Crippen LogP) is 5.27. The van der Waals surface area contributed by atoms with Gasteiger partial charge in [0.05, 0.1) is 16.7 Å². The average Bonchev–Trinajstić information content (AvgIpc) is 3.44. The number of para-hydroxylation sites is 3. The molecule has 0 aliphatic carbocycles. The van der Waals surface area contributed by atoms with Gasteiger partial charge in [-0.15, -0.1) is 0 Å². The van der Waals surface area contributed by atoms with Gasteiger partial charge < -0.3 is 14.9 Å². The van der Waals surface area contributed by atoms with Crippen LogP contribution in [0.3, 0.4) is 0 Å². The van der Waals surface area contributed by atoms with Crippen LogP contribution in [-0.4, -0.2) is 20.4 Å². The number of nitrogens with zero attached hydrogens (tertiary/aromatic N) is 2. The molecule has 140 valence electrons. The second kappa shape index (κ2) is 7.13. The van der Waals surface area contributed by atoms with Crippen LogP contribution in [0.5, 0.6) is 0 Å². The van der Waals surface area contributed by atoms with Gasteiger partial charge in [0.1, 0.15) is 5.82 Å². The van der Waals surface area contributed by atoms with Crippen molar-refractivity contribution in [2.75, 3.05) is 5.32 Å². The van der Waals surface area contributed by atoms with E-state index in [2.05, 4.69) is 15.3 Å². The van der Waals surface area contributed by atoms with E-state index in [4.69, 9.17) is 0 Å². The summed E-state index contributed by atoms with van der Waals surface area (Å²) in [6.45, 7) is 0. The first kappa shape index (κ1) is 17.0. The molecule has 0 fully saturated rings. The second-order valence-corrected chi connectivity index (χ2v) is 6.74. The molecule has 1 amide bonds. The Hall–Kier alpha value is -4.12. The Kier molecular flexibility index (Phi) is 4.18. The van der Waals surface area contributed by atoms with Crippen molar-refractivity contribution in [3.05, 3.63) is 103 Å². The van der Waals surface area contributed by atoms with Crippen molar-refractivity contribution >= 4 is 22.6 Å². The number of H-pyrrole nitrogens is 1. The molecule has 3 aromatic carbocycles. The number of carbonyl (C=O) groups is 1. The van der Waals surface area contributed by atoms with Crippen LogP contribution in [-0.2, 0) is 0 Å². The lowest BCUT2D eigenvalue weighted by atomic mass is 10.1. The van der Waals surface area contributed by atoms with Crippen LogP contribution >= 0.6 is 0 Å². The maximum Gasteiger partial charge on any atom is 0.255 e. The number of rotatable bonds is 4. The Morgan fingerprint density at radius 1 is 0.828 bits per heavy atom. The normalized spacial score (nSPS) is 10.9. The molecule has 5 heteroatoms. The predicted molar refractivity (Wildman–Crippen MR) is 115 cm³/mol. The van der Waals surface area contributed by atoms with Crippen LogP contribution in [0.2, 0.25) is 0 Å². The largest absolute Gasteiger partial charge is 0.338 e. The van der Waals surface area contributed by atoms with Gasteiger partial charge in [0.2, 0.25) is 0 Å². The van der Waals surface area contributed by atoms with Crippen molar-refractivity contribution in [3.63, 3.8) is 0 Å². The van der Waals surface area contributed by atoms with Crippen LogP contribution in [0.1, 0.15) is 10.4 Å². The van der Waals surface area contributed by atoms with Gasteiger partial charge in [-0.1, -0.05) is 24.3 Å². The molecule has 0 bridgehead atoms. The average molecular weight is 378 g/mol. The van der Waals surface area contributed by atoms with E-state index in [1.807, 2.05) is 102 Å². The summed E-state index contributed by atoms with van der Waals surface area (Å²) in [5.74, 6) is 0.567. The zero-order valence-corrected chi connectivity index (χ0v) is 15.5. The number of anilines is 1. The quantitative estimate of drug-likeness (QED) is 0.447. The summed E-state index contributed by atoms with van der Waals surface area (Å²) in [6.07, 6.45) is 3.94. The van der Waals surface area contributed by atoms with E-state index >= 15 is 0 Å². The molecule has 0 saturated carbocycles. The summed E-state index contributed by atoms with van der Waals surface area (Å²) in [4.78, 5) is 20.8. The monoisotopic (exact) mass is 378 g/mol. The first-order chi connectivity index (χ1) is 14.3. The fourth-order valence-electron chi connectivity index (χ4n) is 3.37. The minimum absolute atomic E-state index is 0.160. The third kappa shape index (κ3) is 3.30. The first-order valence-corrected chi connectivity index (χ1v) is 9.37. The molecule has 0 unspecified atom stereocenters. The highest BCUT2D eigenvalue weighted by atomic mass is 16.1. The summed E-state index contributed by atoms with van der Waals surface area (Å²) in [7, 11) is 0. The standard InChI is InChI=1S/C24H18N4O/c29-24(17-11-13-18(14-12-17)28-15-5-6-16-28)27-20-8-2-1-7-19(20)23-25-21-9-3-4-10-22(21)26-23/h1-16H,(H,25,26)(H,27,29). The Labute approximate surface area is 167 Å². The number of aromatic amines is 1. The van der Waals surface area contributed by atoms with E-state index in [0.717, 1.165) is 28.1 Å². The molecule has 0 atom stereocenters. The van der Waals surface area contributed by atoms with Gasteiger partial charge in [-0.3, -0.25) is 4.79 Å². The van der Waals surface area contributed by atoms with Gasteiger partial charge in [-0.2, -0.15) is 0 Å². The van der Waals surface area contributed by atoms with Crippen LogP contribution in [0.15, 0.2) is 97.3 Å².